The Morgan fingerprint density at radius 2 is 1.90 bits per heavy atom. The standard InChI is InChI=1S/C22H21N5O3/c1-12-7-8-15(10-17(12)23-14(3)28)24-22(29)16-11-18(19-6-5-9-30-19)25-21-20(16)13(2)26-27(21)4/h5-11H,1-4H3,(H,23,28)(H,24,29). The monoisotopic (exact) mass is 403 g/mol. The molecule has 0 aliphatic rings. The highest BCUT2D eigenvalue weighted by atomic mass is 16.3. The number of carbonyl (C=O) groups is 2. The summed E-state index contributed by atoms with van der Waals surface area (Å²) >= 11 is 0. The van der Waals surface area contributed by atoms with E-state index in [-0.39, 0.29) is 11.8 Å². The number of carbonyl (C=O) groups excluding carboxylic acids is 2. The van der Waals surface area contributed by atoms with Crippen LogP contribution >= 0.6 is 0 Å². The second-order valence-electron chi connectivity index (χ2n) is 7.10. The summed E-state index contributed by atoms with van der Waals surface area (Å²) < 4.78 is 7.12. The van der Waals surface area contributed by atoms with Gasteiger partial charge in [0.05, 0.1) is 22.9 Å². The summed E-state index contributed by atoms with van der Waals surface area (Å²) in [6.45, 7) is 5.17. The molecule has 3 heterocycles. The Kier molecular flexibility index (Phi) is 4.83. The Balaban J connectivity index is 1.77. The van der Waals surface area contributed by atoms with Crippen molar-refractivity contribution >= 4 is 34.2 Å². The number of amides is 2. The molecule has 0 saturated heterocycles. The van der Waals surface area contributed by atoms with Gasteiger partial charge in [-0.15, -0.1) is 0 Å². The van der Waals surface area contributed by atoms with E-state index in [0.29, 0.717) is 45.1 Å². The number of hydrogen-bond donors (Lipinski definition) is 2. The lowest BCUT2D eigenvalue weighted by molar-refractivity contribution is -0.114. The number of rotatable bonds is 4. The van der Waals surface area contributed by atoms with Gasteiger partial charge in [-0.05, 0) is 49.7 Å². The van der Waals surface area contributed by atoms with Crippen molar-refractivity contribution in [3.63, 3.8) is 0 Å². The first-order chi connectivity index (χ1) is 14.3. The quantitative estimate of drug-likeness (QED) is 0.535. The van der Waals surface area contributed by atoms with Gasteiger partial charge in [-0.2, -0.15) is 5.10 Å². The molecule has 30 heavy (non-hydrogen) atoms. The van der Waals surface area contributed by atoms with Crippen molar-refractivity contribution in [2.24, 2.45) is 7.05 Å². The molecule has 4 rings (SSSR count). The van der Waals surface area contributed by atoms with Crippen LogP contribution in [0.5, 0.6) is 0 Å². The Morgan fingerprint density at radius 3 is 2.60 bits per heavy atom. The van der Waals surface area contributed by atoms with Crippen molar-refractivity contribution in [2.45, 2.75) is 20.8 Å². The van der Waals surface area contributed by atoms with Crippen molar-refractivity contribution in [2.75, 3.05) is 10.6 Å². The van der Waals surface area contributed by atoms with Crippen LogP contribution in [0.1, 0.15) is 28.5 Å². The fourth-order valence-corrected chi connectivity index (χ4v) is 3.40. The highest BCUT2D eigenvalue weighted by Crippen LogP contribution is 2.28. The average Bonchev–Trinajstić information content (AvgIpc) is 3.32. The predicted molar refractivity (Wildman–Crippen MR) is 114 cm³/mol. The second kappa shape index (κ2) is 7.47. The number of fused-ring (bicyclic) bond motifs is 1. The molecule has 0 unspecified atom stereocenters. The van der Waals surface area contributed by atoms with Crippen molar-refractivity contribution in [3.05, 3.63) is 59.5 Å². The van der Waals surface area contributed by atoms with Gasteiger partial charge in [0.2, 0.25) is 5.91 Å². The maximum Gasteiger partial charge on any atom is 0.256 e. The van der Waals surface area contributed by atoms with E-state index in [1.807, 2.05) is 19.9 Å². The van der Waals surface area contributed by atoms with Crippen LogP contribution in [0.15, 0.2) is 47.1 Å². The van der Waals surface area contributed by atoms with E-state index in [4.69, 9.17) is 4.42 Å². The first kappa shape index (κ1) is 19.4. The highest BCUT2D eigenvalue weighted by Gasteiger charge is 2.20. The van der Waals surface area contributed by atoms with E-state index < -0.39 is 0 Å². The van der Waals surface area contributed by atoms with Crippen molar-refractivity contribution in [1.29, 1.82) is 0 Å². The molecule has 4 aromatic rings. The highest BCUT2D eigenvalue weighted by molar-refractivity contribution is 6.13. The molecule has 0 aliphatic heterocycles. The molecule has 152 valence electrons. The molecule has 0 radical (unpaired) electrons. The molecule has 0 aliphatic carbocycles. The van der Waals surface area contributed by atoms with Crippen molar-refractivity contribution in [1.82, 2.24) is 14.8 Å². The first-order valence-electron chi connectivity index (χ1n) is 9.41. The smallest absolute Gasteiger partial charge is 0.256 e. The maximum absolute atomic E-state index is 13.2. The summed E-state index contributed by atoms with van der Waals surface area (Å²) in [7, 11) is 1.79. The van der Waals surface area contributed by atoms with Gasteiger partial charge in [0.1, 0.15) is 5.69 Å². The third-order valence-electron chi connectivity index (χ3n) is 4.79. The fourth-order valence-electron chi connectivity index (χ4n) is 3.40. The fraction of sp³-hybridized carbons (Fsp3) is 0.182. The van der Waals surface area contributed by atoms with Gasteiger partial charge < -0.3 is 15.1 Å². The third kappa shape index (κ3) is 3.55. The zero-order valence-electron chi connectivity index (χ0n) is 17.1. The molecule has 0 fully saturated rings. The van der Waals surface area contributed by atoms with Gasteiger partial charge in [-0.3, -0.25) is 14.3 Å². The third-order valence-corrected chi connectivity index (χ3v) is 4.79. The summed E-state index contributed by atoms with van der Waals surface area (Å²) in [6.07, 6.45) is 1.56. The molecule has 8 heteroatoms. The minimum atomic E-state index is -0.302. The van der Waals surface area contributed by atoms with Crippen LogP contribution in [0, 0.1) is 13.8 Å². The minimum absolute atomic E-state index is 0.175. The van der Waals surface area contributed by atoms with Gasteiger partial charge in [0.15, 0.2) is 11.4 Å². The molecular formula is C22H21N5O3. The van der Waals surface area contributed by atoms with Gasteiger partial charge in [-0.1, -0.05) is 6.07 Å². The lowest BCUT2D eigenvalue weighted by Crippen LogP contribution is -2.14. The number of furan rings is 1. The number of hydrogen-bond acceptors (Lipinski definition) is 5. The maximum atomic E-state index is 13.2. The van der Waals surface area contributed by atoms with Crippen molar-refractivity contribution in [3.8, 4) is 11.5 Å². The lowest BCUT2D eigenvalue weighted by Gasteiger charge is -2.12. The second-order valence-corrected chi connectivity index (χ2v) is 7.10. The van der Waals surface area contributed by atoms with Crippen LogP contribution in [0.3, 0.4) is 0 Å². The molecular weight excluding hydrogens is 382 g/mol. The number of nitrogens with one attached hydrogen (secondary N) is 2. The summed E-state index contributed by atoms with van der Waals surface area (Å²) in [5.74, 6) is 0.0866. The zero-order valence-corrected chi connectivity index (χ0v) is 17.1. The Morgan fingerprint density at radius 1 is 1.10 bits per heavy atom. The Labute approximate surface area is 172 Å². The number of anilines is 2. The largest absolute Gasteiger partial charge is 0.463 e. The molecule has 2 amide bonds. The summed E-state index contributed by atoms with van der Waals surface area (Å²) in [5.41, 5.74) is 4.41. The number of benzene rings is 1. The number of nitrogens with zero attached hydrogens (tertiary/aromatic N) is 3. The normalized spacial score (nSPS) is 10.9. The summed E-state index contributed by atoms with van der Waals surface area (Å²) in [6, 6.07) is 10.6. The number of aromatic nitrogens is 3. The Hall–Kier alpha value is -3.94. The molecule has 0 saturated carbocycles. The molecule has 0 atom stereocenters. The zero-order chi connectivity index (χ0) is 21.4. The van der Waals surface area contributed by atoms with E-state index in [0.717, 1.165) is 5.56 Å². The van der Waals surface area contributed by atoms with Crippen LogP contribution in [-0.4, -0.2) is 26.6 Å². The summed E-state index contributed by atoms with van der Waals surface area (Å²) in [4.78, 5) is 29.3. The van der Waals surface area contributed by atoms with Crippen LogP contribution in [0.25, 0.3) is 22.5 Å². The van der Waals surface area contributed by atoms with E-state index in [2.05, 4.69) is 20.7 Å². The SMILES string of the molecule is CC(=O)Nc1cc(NC(=O)c2cc(-c3ccco3)nc3c2c(C)nn3C)ccc1C. The number of pyridine rings is 1. The van der Waals surface area contributed by atoms with Gasteiger partial charge in [0, 0.05) is 25.3 Å². The number of aryl methyl sites for hydroxylation is 3. The Bertz CT molecular complexity index is 1270. The minimum Gasteiger partial charge on any atom is -0.463 e. The van der Waals surface area contributed by atoms with Crippen LogP contribution in [0.2, 0.25) is 0 Å². The van der Waals surface area contributed by atoms with Gasteiger partial charge >= 0.3 is 0 Å². The molecule has 2 N–H and O–H groups in total. The summed E-state index contributed by atoms with van der Waals surface area (Å²) in [5, 5.41) is 10.8. The van der Waals surface area contributed by atoms with Crippen LogP contribution in [-0.2, 0) is 11.8 Å². The first-order valence-corrected chi connectivity index (χ1v) is 9.41. The lowest BCUT2D eigenvalue weighted by atomic mass is 10.1. The van der Waals surface area contributed by atoms with E-state index in [1.54, 1.807) is 48.3 Å². The van der Waals surface area contributed by atoms with Crippen LogP contribution in [0.4, 0.5) is 11.4 Å². The van der Waals surface area contributed by atoms with Crippen molar-refractivity contribution < 1.29 is 14.0 Å². The molecule has 1 aromatic carbocycles. The van der Waals surface area contributed by atoms with Crippen LogP contribution < -0.4 is 10.6 Å². The average molecular weight is 403 g/mol. The predicted octanol–water partition coefficient (Wildman–Crippen LogP) is 4.06. The van der Waals surface area contributed by atoms with E-state index in [1.165, 1.54) is 6.92 Å². The molecule has 8 nitrogen and oxygen atoms in total. The molecule has 0 spiro atoms. The topological polar surface area (TPSA) is 102 Å². The van der Waals surface area contributed by atoms with Gasteiger partial charge in [-0.25, -0.2) is 4.98 Å². The van der Waals surface area contributed by atoms with Gasteiger partial charge in [0.25, 0.3) is 5.91 Å². The van der Waals surface area contributed by atoms with E-state index >= 15 is 0 Å². The molecule has 3 aromatic heterocycles. The van der Waals surface area contributed by atoms with E-state index in [9.17, 15) is 9.59 Å². The molecule has 0 bridgehead atoms.